The summed E-state index contributed by atoms with van der Waals surface area (Å²) in [5.74, 6) is 0.527. The Bertz CT molecular complexity index is 504. The number of likely N-dealkylation sites (N-methyl/N-ethyl adjacent to an activating group) is 1. The third-order valence-corrected chi connectivity index (χ3v) is 4.42. The van der Waals surface area contributed by atoms with Crippen LogP contribution in [0.25, 0.3) is 0 Å². The highest BCUT2D eigenvalue weighted by Crippen LogP contribution is 2.15. The molecule has 0 saturated carbocycles. The fourth-order valence-corrected chi connectivity index (χ4v) is 3.06. The Balaban J connectivity index is 1.84. The number of rotatable bonds is 8. The summed E-state index contributed by atoms with van der Waals surface area (Å²) < 4.78 is 5.51. The third-order valence-electron chi connectivity index (χ3n) is 4.42. The van der Waals surface area contributed by atoms with Crippen LogP contribution in [0.4, 0.5) is 0 Å². The largest absolute Gasteiger partial charge is 0.377 e. The second-order valence-electron chi connectivity index (χ2n) is 5.91. The van der Waals surface area contributed by atoms with Crippen molar-refractivity contribution in [2.24, 2.45) is 10.7 Å². The van der Waals surface area contributed by atoms with E-state index in [1.54, 1.807) is 0 Å². The van der Waals surface area contributed by atoms with Crippen molar-refractivity contribution in [3.63, 3.8) is 0 Å². The second-order valence-corrected chi connectivity index (χ2v) is 5.91. The molecule has 0 amide bonds. The van der Waals surface area contributed by atoms with Crippen molar-refractivity contribution < 1.29 is 4.74 Å². The molecule has 1 aliphatic heterocycles. The fourth-order valence-electron chi connectivity index (χ4n) is 3.06. The summed E-state index contributed by atoms with van der Waals surface area (Å²) in [5.41, 5.74) is 8.37. The van der Waals surface area contributed by atoms with Crippen molar-refractivity contribution in [2.45, 2.75) is 45.9 Å². The predicted octanol–water partition coefficient (Wildman–Crippen LogP) is 2.11. The molecule has 0 bridgehead atoms. The molecule has 2 rings (SSSR count). The van der Waals surface area contributed by atoms with E-state index < -0.39 is 0 Å². The maximum Gasteiger partial charge on any atom is 0.188 e. The van der Waals surface area contributed by atoms with Crippen LogP contribution in [0.5, 0.6) is 0 Å². The summed E-state index contributed by atoms with van der Waals surface area (Å²) >= 11 is 0. The van der Waals surface area contributed by atoms with Crippen molar-refractivity contribution in [3.8, 4) is 0 Å². The van der Waals surface area contributed by atoms with E-state index in [0.717, 1.165) is 19.7 Å². The van der Waals surface area contributed by atoms with Crippen molar-refractivity contribution in [2.75, 3.05) is 26.2 Å². The van der Waals surface area contributed by atoms with Gasteiger partial charge < -0.3 is 15.8 Å². The zero-order valence-corrected chi connectivity index (χ0v) is 14.4. The Morgan fingerprint density at radius 1 is 1.35 bits per heavy atom. The predicted molar refractivity (Wildman–Crippen MR) is 95.4 cm³/mol. The van der Waals surface area contributed by atoms with Crippen LogP contribution in [0.3, 0.4) is 0 Å². The highest BCUT2D eigenvalue weighted by atomic mass is 16.5. The molecule has 0 radical (unpaired) electrons. The molecule has 3 N–H and O–H groups in total. The molecule has 1 aliphatic rings. The quantitative estimate of drug-likeness (QED) is 0.569. The van der Waals surface area contributed by atoms with Gasteiger partial charge in [0.15, 0.2) is 5.96 Å². The van der Waals surface area contributed by atoms with Gasteiger partial charge in [0.2, 0.25) is 0 Å². The number of hydrogen-bond donors (Lipinski definition) is 2. The van der Waals surface area contributed by atoms with E-state index in [2.05, 4.69) is 34.3 Å². The summed E-state index contributed by atoms with van der Waals surface area (Å²) in [6.45, 7) is 9.34. The Labute approximate surface area is 139 Å². The van der Waals surface area contributed by atoms with Gasteiger partial charge in [-0.25, -0.2) is 4.99 Å². The molecule has 5 nitrogen and oxygen atoms in total. The van der Waals surface area contributed by atoms with E-state index in [4.69, 9.17) is 10.5 Å². The molecule has 128 valence electrons. The minimum atomic E-state index is 0.527. The van der Waals surface area contributed by atoms with Gasteiger partial charge in [0, 0.05) is 19.2 Å². The van der Waals surface area contributed by atoms with Gasteiger partial charge in [0.1, 0.15) is 0 Å². The highest BCUT2D eigenvalue weighted by Gasteiger charge is 2.22. The number of benzene rings is 1. The minimum absolute atomic E-state index is 0.527. The number of nitrogens with one attached hydrogen (secondary N) is 1. The van der Waals surface area contributed by atoms with Crippen LogP contribution in [0.15, 0.2) is 29.3 Å². The van der Waals surface area contributed by atoms with Gasteiger partial charge in [0.05, 0.1) is 13.2 Å². The SMILES string of the molecule is CCOCc1ccccc1CN=C(N)NCC1CCCN1CC. The first kappa shape index (κ1) is 17.8. The standard InChI is InChI=1S/C18H30N4O/c1-3-22-11-7-10-17(22)13-21-18(19)20-12-15-8-5-6-9-16(15)14-23-4-2/h5-6,8-9,17H,3-4,7,10-14H2,1-2H3,(H3,19,20,21). The lowest BCUT2D eigenvalue weighted by molar-refractivity contribution is 0.133. The molecule has 1 unspecified atom stereocenters. The summed E-state index contributed by atoms with van der Waals surface area (Å²) in [6, 6.07) is 8.81. The monoisotopic (exact) mass is 318 g/mol. The zero-order valence-electron chi connectivity index (χ0n) is 14.4. The number of nitrogens with two attached hydrogens (primary N) is 1. The van der Waals surface area contributed by atoms with Crippen molar-refractivity contribution in [1.82, 2.24) is 10.2 Å². The van der Waals surface area contributed by atoms with E-state index in [1.807, 2.05) is 19.1 Å². The lowest BCUT2D eigenvalue weighted by atomic mass is 10.1. The number of guanidine groups is 1. The van der Waals surface area contributed by atoms with Crippen molar-refractivity contribution in [1.29, 1.82) is 0 Å². The number of nitrogens with zero attached hydrogens (tertiary/aromatic N) is 2. The average Bonchev–Trinajstić information content (AvgIpc) is 3.04. The highest BCUT2D eigenvalue weighted by molar-refractivity contribution is 5.77. The Kier molecular flexibility index (Phi) is 7.36. The lowest BCUT2D eigenvalue weighted by Crippen LogP contribution is -2.42. The van der Waals surface area contributed by atoms with Crippen LogP contribution >= 0.6 is 0 Å². The normalized spacial score (nSPS) is 19.2. The molecule has 1 fully saturated rings. The second kappa shape index (κ2) is 9.53. The summed E-state index contributed by atoms with van der Waals surface area (Å²) in [7, 11) is 0. The van der Waals surface area contributed by atoms with E-state index in [-0.39, 0.29) is 0 Å². The first-order chi connectivity index (χ1) is 11.2. The Morgan fingerprint density at radius 3 is 2.87 bits per heavy atom. The van der Waals surface area contributed by atoms with Gasteiger partial charge in [0.25, 0.3) is 0 Å². The summed E-state index contributed by atoms with van der Waals surface area (Å²) in [6.07, 6.45) is 2.52. The maximum absolute atomic E-state index is 6.03. The molecule has 23 heavy (non-hydrogen) atoms. The van der Waals surface area contributed by atoms with E-state index in [0.29, 0.717) is 25.2 Å². The Morgan fingerprint density at radius 2 is 2.13 bits per heavy atom. The average molecular weight is 318 g/mol. The van der Waals surface area contributed by atoms with Crippen LogP contribution in [0, 0.1) is 0 Å². The third kappa shape index (κ3) is 5.52. The van der Waals surface area contributed by atoms with Gasteiger partial charge in [-0.05, 0) is 44.0 Å². The van der Waals surface area contributed by atoms with Crippen LogP contribution in [0.1, 0.15) is 37.8 Å². The molecule has 0 aromatic heterocycles. The van der Waals surface area contributed by atoms with Gasteiger partial charge >= 0.3 is 0 Å². The fraction of sp³-hybridized carbons (Fsp3) is 0.611. The first-order valence-electron chi connectivity index (χ1n) is 8.67. The van der Waals surface area contributed by atoms with Crippen molar-refractivity contribution in [3.05, 3.63) is 35.4 Å². The molecule has 0 spiro atoms. The number of ether oxygens (including phenoxy) is 1. The van der Waals surface area contributed by atoms with Crippen LogP contribution in [-0.2, 0) is 17.9 Å². The Hall–Kier alpha value is -1.59. The molecule has 1 atom stereocenters. The molecule has 1 aromatic carbocycles. The van der Waals surface area contributed by atoms with Gasteiger partial charge in [-0.1, -0.05) is 31.2 Å². The van der Waals surface area contributed by atoms with Crippen molar-refractivity contribution >= 4 is 5.96 Å². The molecule has 0 aliphatic carbocycles. The topological polar surface area (TPSA) is 62.9 Å². The van der Waals surface area contributed by atoms with Crippen LogP contribution in [0.2, 0.25) is 0 Å². The lowest BCUT2D eigenvalue weighted by Gasteiger charge is -2.23. The van der Waals surface area contributed by atoms with E-state index in [9.17, 15) is 0 Å². The van der Waals surface area contributed by atoms with Gasteiger partial charge in [-0.3, -0.25) is 4.90 Å². The number of hydrogen-bond acceptors (Lipinski definition) is 3. The molecule has 1 heterocycles. The molecule has 1 aromatic rings. The first-order valence-corrected chi connectivity index (χ1v) is 8.67. The molecular formula is C18H30N4O. The van der Waals surface area contributed by atoms with E-state index in [1.165, 1.54) is 30.5 Å². The number of aliphatic imine (C=N–C) groups is 1. The van der Waals surface area contributed by atoms with Crippen LogP contribution in [-0.4, -0.2) is 43.1 Å². The number of likely N-dealkylation sites (tertiary alicyclic amines) is 1. The zero-order chi connectivity index (χ0) is 16.5. The summed E-state index contributed by atoms with van der Waals surface area (Å²) in [5, 5.41) is 3.28. The molecule has 5 heteroatoms. The van der Waals surface area contributed by atoms with Gasteiger partial charge in [-0.15, -0.1) is 0 Å². The van der Waals surface area contributed by atoms with E-state index >= 15 is 0 Å². The molecule has 1 saturated heterocycles. The van der Waals surface area contributed by atoms with Gasteiger partial charge in [-0.2, -0.15) is 0 Å². The maximum atomic E-state index is 6.03. The minimum Gasteiger partial charge on any atom is -0.377 e. The smallest absolute Gasteiger partial charge is 0.188 e. The summed E-state index contributed by atoms with van der Waals surface area (Å²) in [4.78, 5) is 6.98. The van der Waals surface area contributed by atoms with Crippen LogP contribution < -0.4 is 11.1 Å². The molecular weight excluding hydrogens is 288 g/mol.